The van der Waals surface area contributed by atoms with Crippen molar-refractivity contribution in [2.75, 3.05) is 5.32 Å². The number of hydrogen-bond donors (Lipinski definition) is 1. The summed E-state index contributed by atoms with van der Waals surface area (Å²) in [5, 5.41) is 3.00. The topological polar surface area (TPSA) is 29.1 Å². The molecule has 0 bridgehead atoms. The second-order valence-electron chi connectivity index (χ2n) is 6.18. The Kier molecular flexibility index (Phi) is 10.4. The lowest BCUT2D eigenvalue weighted by molar-refractivity contribution is -0.116. The molecule has 0 spiro atoms. The van der Waals surface area contributed by atoms with Gasteiger partial charge in [-0.05, 0) is 30.5 Å². The van der Waals surface area contributed by atoms with Crippen molar-refractivity contribution < 1.29 is 4.79 Å². The summed E-state index contributed by atoms with van der Waals surface area (Å²) in [5.41, 5.74) is 2.20. The third-order valence-electron chi connectivity index (χ3n) is 4.13. The highest BCUT2D eigenvalue weighted by molar-refractivity contribution is 5.90. The highest BCUT2D eigenvalue weighted by Crippen LogP contribution is 2.13. The lowest BCUT2D eigenvalue weighted by atomic mass is 10.1. The maximum Gasteiger partial charge on any atom is 0.224 e. The fourth-order valence-electron chi connectivity index (χ4n) is 2.69. The van der Waals surface area contributed by atoms with Crippen molar-refractivity contribution in [3.05, 3.63) is 29.8 Å². The fourth-order valence-corrected chi connectivity index (χ4v) is 2.69. The number of carbonyl (C=O) groups excluding carboxylic acids is 1. The van der Waals surface area contributed by atoms with E-state index in [0.717, 1.165) is 18.5 Å². The second kappa shape index (κ2) is 12.3. The standard InChI is InChI=1S/C20H33NO/c1-3-5-6-7-8-9-10-11-12-16-20(22)21-19-15-13-14-18(4-2)17-19/h13-15,17H,3-12,16H2,1-2H3,(H,21,22). The van der Waals surface area contributed by atoms with Crippen LogP contribution in [0.3, 0.4) is 0 Å². The normalized spacial score (nSPS) is 10.6. The average Bonchev–Trinajstić information content (AvgIpc) is 2.53. The number of rotatable bonds is 12. The third-order valence-corrected chi connectivity index (χ3v) is 4.13. The van der Waals surface area contributed by atoms with Crippen LogP contribution < -0.4 is 5.32 Å². The number of unbranched alkanes of at least 4 members (excludes halogenated alkanes) is 8. The number of aryl methyl sites for hydroxylation is 1. The number of amides is 1. The lowest BCUT2D eigenvalue weighted by Crippen LogP contribution is -2.11. The van der Waals surface area contributed by atoms with E-state index in [-0.39, 0.29) is 5.91 Å². The van der Waals surface area contributed by atoms with E-state index in [1.54, 1.807) is 0 Å². The average molecular weight is 303 g/mol. The molecule has 0 unspecified atom stereocenters. The number of hydrogen-bond acceptors (Lipinski definition) is 1. The number of benzene rings is 1. The molecule has 0 saturated carbocycles. The van der Waals surface area contributed by atoms with E-state index in [0.29, 0.717) is 6.42 Å². The Morgan fingerprint density at radius 1 is 0.909 bits per heavy atom. The van der Waals surface area contributed by atoms with Gasteiger partial charge in [-0.2, -0.15) is 0 Å². The SMILES string of the molecule is CCCCCCCCCCCC(=O)Nc1cccc(CC)c1. The summed E-state index contributed by atoms with van der Waals surface area (Å²) in [5.74, 6) is 0.149. The van der Waals surface area contributed by atoms with Gasteiger partial charge in [-0.15, -0.1) is 0 Å². The molecule has 0 aromatic heterocycles. The Hall–Kier alpha value is -1.31. The minimum atomic E-state index is 0.149. The lowest BCUT2D eigenvalue weighted by Gasteiger charge is -2.07. The molecule has 124 valence electrons. The van der Waals surface area contributed by atoms with Crippen molar-refractivity contribution in [2.24, 2.45) is 0 Å². The summed E-state index contributed by atoms with van der Waals surface area (Å²) >= 11 is 0. The number of nitrogens with one attached hydrogen (secondary N) is 1. The molecule has 2 nitrogen and oxygen atoms in total. The molecule has 2 heteroatoms. The van der Waals surface area contributed by atoms with E-state index in [4.69, 9.17) is 0 Å². The van der Waals surface area contributed by atoms with Crippen LogP contribution in [0.25, 0.3) is 0 Å². The molecule has 1 aromatic carbocycles. The summed E-state index contributed by atoms with van der Waals surface area (Å²) in [6.45, 7) is 4.38. The molecule has 1 rings (SSSR count). The minimum Gasteiger partial charge on any atom is -0.326 e. The van der Waals surface area contributed by atoms with E-state index in [1.807, 2.05) is 12.1 Å². The van der Waals surface area contributed by atoms with Crippen LogP contribution >= 0.6 is 0 Å². The van der Waals surface area contributed by atoms with Crippen LogP contribution in [0, 0.1) is 0 Å². The zero-order valence-electron chi connectivity index (χ0n) is 14.5. The Morgan fingerprint density at radius 2 is 1.55 bits per heavy atom. The van der Waals surface area contributed by atoms with E-state index in [2.05, 4.69) is 31.3 Å². The first-order chi connectivity index (χ1) is 10.8. The van der Waals surface area contributed by atoms with Gasteiger partial charge in [0.05, 0.1) is 0 Å². The molecular formula is C20H33NO. The molecule has 0 fully saturated rings. The maximum absolute atomic E-state index is 11.9. The predicted molar refractivity (Wildman–Crippen MR) is 96.3 cm³/mol. The Bertz CT molecular complexity index is 414. The quantitative estimate of drug-likeness (QED) is 0.464. The zero-order chi connectivity index (χ0) is 16.0. The van der Waals surface area contributed by atoms with Gasteiger partial charge < -0.3 is 5.32 Å². The van der Waals surface area contributed by atoms with Crippen molar-refractivity contribution in [2.45, 2.75) is 84.5 Å². The molecular weight excluding hydrogens is 270 g/mol. The highest BCUT2D eigenvalue weighted by atomic mass is 16.1. The van der Waals surface area contributed by atoms with Gasteiger partial charge in [-0.3, -0.25) is 4.79 Å². The van der Waals surface area contributed by atoms with Gasteiger partial charge in [-0.25, -0.2) is 0 Å². The van der Waals surface area contributed by atoms with Crippen molar-refractivity contribution in [3.8, 4) is 0 Å². The highest BCUT2D eigenvalue weighted by Gasteiger charge is 2.02. The largest absolute Gasteiger partial charge is 0.326 e. The van der Waals surface area contributed by atoms with Crippen LogP contribution in [-0.4, -0.2) is 5.91 Å². The Labute approximate surface area is 136 Å². The van der Waals surface area contributed by atoms with Gasteiger partial charge in [-0.1, -0.05) is 77.3 Å². The number of anilines is 1. The molecule has 0 atom stereocenters. The maximum atomic E-state index is 11.9. The summed E-state index contributed by atoms with van der Waals surface area (Å²) in [6.07, 6.45) is 13.2. The first-order valence-electron chi connectivity index (χ1n) is 9.15. The zero-order valence-corrected chi connectivity index (χ0v) is 14.5. The van der Waals surface area contributed by atoms with Crippen LogP contribution in [0.15, 0.2) is 24.3 Å². The van der Waals surface area contributed by atoms with Gasteiger partial charge in [0, 0.05) is 12.1 Å². The molecule has 1 amide bonds. The summed E-state index contributed by atoms with van der Waals surface area (Å²) in [4.78, 5) is 11.9. The van der Waals surface area contributed by atoms with Crippen molar-refractivity contribution in [1.29, 1.82) is 0 Å². The predicted octanol–water partition coefficient (Wildman–Crippen LogP) is 6.11. The Morgan fingerprint density at radius 3 is 2.18 bits per heavy atom. The fraction of sp³-hybridized carbons (Fsp3) is 0.650. The van der Waals surface area contributed by atoms with Crippen molar-refractivity contribution >= 4 is 11.6 Å². The first kappa shape index (κ1) is 18.7. The van der Waals surface area contributed by atoms with Crippen LogP contribution in [0.4, 0.5) is 5.69 Å². The first-order valence-corrected chi connectivity index (χ1v) is 9.15. The second-order valence-corrected chi connectivity index (χ2v) is 6.18. The summed E-state index contributed by atoms with van der Waals surface area (Å²) < 4.78 is 0. The van der Waals surface area contributed by atoms with E-state index in [1.165, 1.54) is 56.9 Å². The summed E-state index contributed by atoms with van der Waals surface area (Å²) in [6, 6.07) is 8.13. The summed E-state index contributed by atoms with van der Waals surface area (Å²) in [7, 11) is 0. The van der Waals surface area contributed by atoms with Crippen LogP contribution in [0.1, 0.15) is 83.6 Å². The van der Waals surface area contributed by atoms with Gasteiger partial charge in [0.1, 0.15) is 0 Å². The van der Waals surface area contributed by atoms with E-state index >= 15 is 0 Å². The molecule has 0 aliphatic rings. The van der Waals surface area contributed by atoms with Crippen LogP contribution in [0.2, 0.25) is 0 Å². The smallest absolute Gasteiger partial charge is 0.224 e. The van der Waals surface area contributed by atoms with Gasteiger partial charge in [0.25, 0.3) is 0 Å². The number of carbonyl (C=O) groups is 1. The monoisotopic (exact) mass is 303 g/mol. The molecule has 22 heavy (non-hydrogen) atoms. The molecule has 0 aliphatic carbocycles. The van der Waals surface area contributed by atoms with Crippen LogP contribution in [-0.2, 0) is 11.2 Å². The molecule has 0 saturated heterocycles. The molecule has 0 radical (unpaired) electrons. The van der Waals surface area contributed by atoms with Crippen molar-refractivity contribution in [1.82, 2.24) is 0 Å². The molecule has 0 heterocycles. The van der Waals surface area contributed by atoms with Gasteiger partial charge in [0.2, 0.25) is 5.91 Å². The molecule has 0 aliphatic heterocycles. The Balaban J connectivity index is 2.03. The van der Waals surface area contributed by atoms with Gasteiger partial charge in [0.15, 0.2) is 0 Å². The van der Waals surface area contributed by atoms with E-state index in [9.17, 15) is 4.79 Å². The third kappa shape index (κ3) is 8.86. The van der Waals surface area contributed by atoms with E-state index < -0.39 is 0 Å². The van der Waals surface area contributed by atoms with Gasteiger partial charge >= 0.3 is 0 Å². The van der Waals surface area contributed by atoms with Crippen LogP contribution in [0.5, 0.6) is 0 Å². The van der Waals surface area contributed by atoms with Crippen molar-refractivity contribution in [3.63, 3.8) is 0 Å². The molecule has 1 aromatic rings. The minimum absolute atomic E-state index is 0.149. The molecule has 1 N–H and O–H groups in total.